The minimum absolute atomic E-state index is 0.0470. The van der Waals surface area contributed by atoms with Crippen molar-refractivity contribution in [1.29, 1.82) is 0 Å². The van der Waals surface area contributed by atoms with Gasteiger partial charge in [0.2, 0.25) is 0 Å². The summed E-state index contributed by atoms with van der Waals surface area (Å²) in [6, 6.07) is 5.28. The van der Waals surface area contributed by atoms with Gasteiger partial charge in [-0.05, 0) is 76.3 Å². The Hall–Kier alpha value is -3.17. The molecule has 1 rings (SSSR count). The molecule has 0 aliphatic heterocycles. The maximum absolute atomic E-state index is 13.1. The van der Waals surface area contributed by atoms with Crippen LogP contribution >= 0.6 is 0 Å². The maximum atomic E-state index is 13.1. The third-order valence-corrected chi connectivity index (χ3v) is 11.1. The predicted molar refractivity (Wildman–Crippen MR) is 234 cm³/mol. The lowest BCUT2D eigenvalue weighted by Crippen LogP contribution is -2.22. The molecule has 0 fully saturated rings. The van der Waals surface area contributed by atoms with Crippen LogP contribution < -0.4 is 4.74 Å². The average Bonchev–Trinajstić information content (AvgIpc) is 3.21. The van der Waals surface area contributed by atoms with Gasteiger partial charge in [-0.2, -0.15) is 0 Å². The molecule has 0 aliphatic carbocycles. The van der Waals surface area contributed by atoms with Crippen LogP contribution in [-0.4, -0.2) is 42.3 Å². The fourth-order valence-corrected chi connectivity index (χ4v) is 7.42. The summed E-state index contributed by atoms with van der Waals surface area (Å²) in [5, 5.41) is 11.0. The topological polar surface area (TPSA) is 131 Å². The molecule has 10 nitrogen and oxygen atoms in total. The van der Waals surface area contributed by atoms with Gasteiger partial charge < -0.3 is 18.9 Å². The number of nitro groups is 1. The molecule has 2 atom stereocenters. The zero-order valence-corrected chi connectivity index (χ0v) is 37.3. The molecule has 0 heterocycles. The van der Waals surface area contributed by atoms with Crippen LogP contribution in [0.2, 0.25) is 0 Å². The second-order valence-corrected chi connectivity index (χ2v) is 16.4. The molecule has 0 radical (unpaired) electrons. The zero-order valence-electron chi connectivity index (χ0n) is 37.3. The summed E-state index contributed by atoms with van der Waals surface area (Å²) in [5.74, 6) is -0.115. The summed E-state index contributed by atoms with van der Waals surface area (Å²) in [4.78, 5) is 49.6. The monoisotopic (exact) mass is 818 g/mol. The molecule has 0 bridgehead atoms. The van der Waals surface area contributed by atoms with Crippen molar-refractivity contribution in [2.75, 3.05) is 13.2 Å². The number of hydrogen-bond acceptors (Lipinski definition) is 9. The van der Waals surface area contributed by atoms with Gasteiger partial charge in [0.1, 0.15) is 11.9 Å². The Bertz CT molecular complexity index is 1120. The highest BCUT2D eigenvalue weighted by molar-refractivity contribution is 5.72. The van der Waals surface area contributed by atoms with E-state index in [1.165, 1.54) is 101 Å². The Balaban J connectivity index is 2.70. The number of carbonyl (C=O) groups is 3. The highest BCUT2D eigenvalue weighted by Gasteiger charge is 2.22. The molecule has 1 aromatic rings. The average molecular weight is 818 g/mol. The molecule has 334 valence electrons. The van der Waals surface area contributed by atoms with E-state index in [2.05, 4.69) is 27.7 Å². The molecule has 58 heavy (non-hydrogen) atoms. The van der Waals surface area contributed by atoms with Crippen molar-refractivity contribution in [3.05, 3.63) is 34.4 Å². The summed E-state index contributed by atoms with van der Waals surface area (Å²) in [6.07, 6.45) is 29.5. The fraction of sp³-hybridized carbons (Fsp3) is 0.812. The number of benzene rings is 1. The van der Waals surface area contributed by atoms with Crippen LogP contribution in [0, 0.1) is 22.0 Å². The van der Waals surface area contributed by atoms with E-state index < -0.39 is 17.2 Å². The van der Waals surface area contributed by atoms with Crippen molar-refractivity contribution >= 4 is 23.8 Å². The van der Waals surface area contributed by atoms with E-state index in [4.69, 9.17) is 18.9 Å². The Morgan fingerprint density at radius 2 is 0.845 bits per heavy atom. The summed E-state index contributed by atoms with van der Waals surface area (Å²) in [7, 11) is 0. The second kappa shape index (κ2) is 36.9. The van der Waals surface area contributed by atoms with Crippen molar-refractivity contribution in [3.8, 4) is 5.75 Å². The number of unbranched alkanes of at least 4 members (excludes halogenated alkanes) is 18. The van der Waals surface area contributed by atoms with Crippen molar-refractivity contribution in [2.24, 2.45) is 11.8 Å². The third-order valence-electron chi connectivity index (χ3n) is 11.1. The van der Waals surface area contributed by atoms with Gasteiger partial charge in [0.15, 0.2) is 0 Å². The van der Waals surface area contributed by atoms with E-state index in [1.54, 1.807) is 0 Å². The van der Waals surface area contributed by atoms with Gasteiger partial charge in [0, 0.05) is 12.1 Å². The van der Waals surface area contributed by atoms with Crippen LogP contribution in [0.1, 0.15) is 220 Å². The first-order chi connectivity index (χ1) is 28.2. The first kappa shape index (κ1) is 52.8. The van der Waals surface area contributed by atoms with E-state index in [0.717, 1.165) is 77.0 Å². The van der Waals surface area contributed by atoms with Crippen LogP contribution in [0.5, 0.6) is 5.75 Å². The van der Waals surface area contributed by atoms with Gasteiger partial charge >= 0.3 is 18.1 Å². The zero-order chi connectivity index (χ0) is 42.5. The van der Waals surface area contributed by atoms with Crippen LogP contribution in [0.3, 0.4) is 0 Å². The Kier molecular flexibility index (Phi) is 33.6. The first-order valence-electron chi connectivity index (χ1n) is 23.7. The second-order valence-electron chi connectivity index (χ2n) is 16.4. The largest absolute Gasteiger partial charge is 0.514 e. The van der Waals surface area contributed by atoms with E-state index in [1.807, 2.05) is 0 Å². The number of esters is 2. The van der Waals surface area contributed by atoms with Gasteiger partial charge in [-0.15, -0.1) is 0 Å². The molecule has 0 saturated carbocycles. The molecule has 1 aromatic carbocycles. The van der Waals surface area contributed by atoms with E-state index in [0.29, 0.717) is 51.7 Å². The number of non-ortho nitro benzene ring substituents is 1. The lowest BCUT2D eigenvalue weighted by molar-refractivity contribution is -0.384. The van der Waals surface area contributed by atoms with E-state index >= 15 is 0 Å². The predicted octanol–water partition coefficient (Wildman–Crippen LogP) is 14.6. The molecule has 0 aromatic heterocycles. The molecule has 0 N–H and O–H groups in total. The van der Waals surface area contributed by atoms with Crippen LogP contribution in [0.25, 0.3) is 0 Å². The van der Waals surface area contributed by atoms with Crippen LogP contribution in [-0.2, 0) is 23.8 Å². The van der Waals surface area contributed by atoms with Gasteiger partial charge in [0.05, 0.1) is 30.0 Å². The molecule has 0 saturated heterocycles. The van der Waals surface area contributed by atoms with Crippen molar-refractivity contribution in [3.63, 3.8) is 0 Å². The number of ether oxygens (including phenoxy) is 4. The van der Waals surface area contributed by atoms with Gasteiger partial charge in [-0.3, -0.25) is 19.7 Å². The minimum atomic E-state index is -0.877. The van der Waals surface area contributed by atoms with Gasteiger partial charge in [-0.25, -0.2) is 4.79 Å². The highest BCUT2D eigenvalue weighted by atomic mass is 16.7. The molecular formula is C48H83NO9. The molecule has 0 amide bonds. The van der Waals surface area contributed by atoms with E-state index in [9.17, 15) is 24.5 Å². The number of hydrogen-bond donors (Lipinski definition) is 0. The number of carbonyl (C=O) groups excluding carboxylic acids is 3. The van der Waals surface area contributed by atoms with E-state index in [-0.39, 0.29) is 35.2 Å². The highest BCUT2D eigenvalue weighted by Crippen LogP contribution is 2.24. The number of nitro benzene ring substituents is 1. The quantitative estimate of drug-likeness (QED) is 0.0159. The van der Waals surface area contributed by atoms with Crippen molar-refractivity contribution in [1.82, 2.24) is 0 Å². The van der Waals surface area contributed by atoms with Gasteiger partial charge in [-0.1, -0.05) is 156 Å². The van der Waals surface area contributed by atoms with Crippen molar-refractivity contribution in [2.45, 2.75) is 226 Å². The normalized spacial score (nSPS) is 12.8. The standard InChI is InChI=1S/C48H83NO9/c1-5-9-13-17-19-23-31-41(29-21-15-11-7-3)46(50)55-39-27-25-33-44(57-48(52)58-45-37-35-43(36-38-45)49(53)54)34-26-28-40-56-47(51)42(30-22-16-12-8-4)32-24-20-18-14-10-6-2/h35-38,41-42,44H,5-34,39-40H2,1-4H3. The molecule has 10 heteroatoms. The first-order valence-corrected chi connectivity index (χ1v) is 23.7. The third kappa shape index (κ3) is 28.3. The Labute approximate surface area is 352 Å². The minimum Gasteiger partial charge on any atom is -0.465 e. The van der Waals surface area contributed by atoms with Crippen molar-refractivity contribution < 1.29 is 38.3 Å². The summed E-state index contributed by atoms with van der Waals surface area (Å²) < 4.78 is 22.7. The summed E-state index contributed by atoms with van der Waals surface area (Å²) in [5.41, 5.74) is -0.101. The molecular weight excluding hydrogens is 735 g/mol. The lowest BCUT2D eigenvalue weighted by atomic mass is 9.94. The lowest BCUT2D eigenvalue weighted by Gasteiger charge is -2.19. The smallest absolute Gasteiger partial charge is 0.465 e. The van der Waals surface area contributed by atoms with Crippen LogP contribution in [0.15, 0.2) is 24.3 Å². The Morgan fingerprint density at radius 1 is 0.500 bits per heavy atom. The molecule has 0 aliphatic rings. The maximum Gasteiger partial charge on any atom is 0.514 e. The molecule has 2 unspecified atom stereocenters. The Morgan fingerprint density at radius 3 is 1.22 bits per heavy atom. The molecule has 0 spiro atoms. The van der Waals surface area contributed by atoms with Crippen LogP contribution in [0.4, 0.5) is 10.5 Å². The fourth-order valence-electron chi connectivity index (χ4n) is 7.42. The number of rotatable bonds is 39. The summed E-state index contributed by atoms with van der Waals surface area (Å²) in [6.45, 7) is 9.49. The summed E-state index contributed by atoms with van der Waals surface area (Å²) >= 11 is 0. The number of nitrogens with zero attached hydrogens (tertiary/aromatic N) is 1. The van der Waals surface area contributed by atoms with Gasteiger partial charge in [0.25, 0.3) is 5.69 Å². The SMILES string of the molecule is CCCCCCCCC(CCCCCC)C(=O)OCCCCC(CCCCOC(=O)C(CCCCCC)CCCCCCCC)OC(=O)Oc1ccc([N+](=O)[O-])cc1.